The fraction of sp³-hybridized carbons (Fsp3) is 0.600. The van der Waals surface area contributed by atoms with Crippen molar-refractivity contribution in [3.05, 3.63) is 29.8 Å². The molecule has 1 aromatic rings. The number of para-hydroxylation sites is 1. The summed E-state index contributed by atoms with van der Waals surface area (Å²) in [6, 6.07) is 8.05. The lowest BCUT2D eigenvalue weighted by atomic mass is 10.00. The van der Waals surface area contributed by atoms with Crippen molar-refractivity contribution >= 4 is 0 Å². The summed E-state index contributed by atoms with van der Waals surface area (Å²) in [5.74, 6) is 2.23. The lowest BCUT2D eigenvalue weighted by Gasteiger charge is -2.18. The molecule has 0 amide bonds. The Hall–Kier alpha value is -1.02. The quantitative estimate of drug-likeness (QED) is 0.814. The van der Waals surface area contributed by atoms with Crippen LogP contribution in [-0.2, 0) is 0 Å². The smallest absolute Gasteiger partial charge is 0.124 e. The summed E-state index contributed by atoms with van der Waals surface area (Å²) in [7, 11) is 0. The molecule has 2 N–H and O–H groups in total. The zero-order chi connectivity index (χ0) is 12.8. The molecule has 17 heavy (non-hydrogen) atoms. The van der Waals surface area contributed by atoms with Crippen molar-refractivity contribution in [3.8, 4) is 5.75 Å². The molecule has 0 spiro atoms. The van der Waals surface area contributed by atoms with E-state index in [0.29, 0.717) is 5.92 Å². The third-order valence-electron chi connectivity index (χ3n) is 2.81. The van der Waals surface area contributed by atoms with Crippen LogP contribution in [0.4, 0.5) is 0 Å². The highest BCUT2D eigenvalue weighted by Crippen LogP contribution is 2.24. The summed E-state index contributed by atoms with van der Waals surface area (Å²) in [6.07, 6.45) is 1.19. The Kier molecular flexibility index (Phi) is 5.49. The van der Waals surface area contributed by atoms with Crippen molar-refractivity contribution in [1.29, 1.82) is 0 Å². The molecule has 0 aliphatic carbocycles. The molecule has 0 aliphatic rings. The number of benzene rings is 1. The van der Waals surface area contributed by atoms with Gasteiger partial charge in [-0.3, -0.25) is 0 Å². The molecule has 0 fully saturated rings. The van der Waals surface area contributed by atoms with Gasteiger partial charge in [-0.25, -0.2) is 0 Å². The lowest BCUT2D eigenvalue weighted by Crippen LogP contribution is -2.13. The summed E-state index contributed by atoms with van der Waals surface area (Å²) in [5.41, 5.74) is 7.01. The third-order valence-corrected chi connectivity index (χ3v) is 2.81. The van der Waals surface area contributed by atoms with Crippen molar-refractivity contribution in [3.63, 3.8) is 0 Å². The minimum absolute atomic E-state index is 0.0200. The molecule has 96 valence electrons. The number of rotatable bonds is 6. The average Bonchev–Trinajstić information content (AvgIpc) is 2.25. The molecule has 2 unspecified atom stereocenters. The number of hydrogen-bond acceptors (Lipinski definition) is 2. The Labute approximate surface area is 105 Å². The van der Waals surface area contributed by atoms with Crippen LogP contribution in [0.25, 0.3) is 0 Å². The molecular formula is C15H25NO. The molecule has 2 atom stereocenters. The van der Waals surface area contributed by atoms with Crippen molar-refractivity contribution < 1.29 is 4.74 Å². The van der Waals surface area contributed by atoms with Crippen LogP contribution < -0.4 is 10.5 Å². The third kappa shape index (κ3) is 4.78. The molecule has 0 aliphatic heterocycles. The largest absolute Gasteiger partial charge is 0.493 e. The van der Waals surface area contributed by atoms with Gasteiger partial charge < -0.3 is 10.5 Å². The Morgan fingerprint density at radius 1 is 1.12 bits per heavy atom. The first-order valence-electron chi connectivity index (χ1n) is 6.48. The van der Waals surface area contributed by atoms with Gasteiger partial charge in [0.25, 0.3) is 0 Å². The minimum Gasteiger partial charge on any atom is -0.493 e. The monoisotopic (exact) mass is 235 g/mol. The van der Waals surface area contributed by atoms with Crippen LogP contribution in [0.1, 0.15) is 45.7 Å². The van der Waals surface area contributed by atoms with E-state index in [1.807, 2.05) is 31.2 Å². The maximum absolute atomic E-state index is 5.92. The van der Waals surface area contributed by atoms with Crippen LogP contribution in [0, 0.1) is 11.8 Å². The van der Waals surface area contributed by atoms with Gasteiger partial charge in [0.15, 0.2) is 0 Å². The van der Waals surface area contributed by atoms with Gasteiger partial charge in [0.2, 0.25) is 0 Å². The maximum atomic E-state index is 5.92. The van der Waals surface area contributed by atoms with Gasteiger partial charge in [-0.15, -0.1) is 0 Å². The predicted molar refractivity (Wildman–Crippen MR) is 73.2 cm³/mol. The van der Waals surface area contributed by atoms with E-state index in [2.05, 4.69) is 20.8 Å². The number of nitrogens with two attached hydrogens (primary N) is 1. The lowest BCUT2D eigenvalue weighted by molar-refractivity contribution is 0.236. The highest BCUT2D eigenvalue weighted by molar-refractivity contribution is 5.35. The highest BCUT2D eigenvalue weighted by Gasteiger charge is 2.10. The van der Waals surface area contributed by atoms with E-state index in [4.69, 9.17) is 10.5 Å². The zero-order valence-electron chi connectivity index (χ0n) is 11.4. The first-order valence-corrected chi connectivity index (χ1v) is 6.48. The second kappa shape index (κ2) is 6.65. The molecule has 0 heterocycles. The molecular weight excluding hydrogens is 210 g/mol. The Morgan fingerprint density at radius 3 is 2.35 bits per heavy atom. The summed E-state index contributed by atoms with van der Waals surface area (Å²) < 4.78 is 5.88. The Bertz CT molecular complexity index is 333. The summed E-state index contributed by atoms with van der Waals surface area (Å²) in [4.78, 5) is 0. The van der Waals surface area contributed by atoms with E-state index in [9.17, 15) is 0 Å². The van der Waals surface area contributed by atoms with Crippen LogP contribution in [0.2, 0.25) is 0 Å². The summed E-state index contributed by atoms with van der Waals surface area (Å²) >= 11 is 0. The fourth-order valence-electron chi connectivity index (χ4n) is 2.09. The summed E-state index contributed by atoms with van der Waals surface area (Å²) in [5, 5.41) is 0. The molecule has 1 aromatic carbocycles. The topological polar surface area (TPSA) is 35.2 Å². The fourth-order valence-corrected chi connectivity index (χ4v) is 2.09. The van der Waals surface area contributed by atoms with Gasteiger partial charge in [-0.05, 0) is 31.2 Å². The molecule has 0 bridgehead atoms. The van der Waals surface area contributed by atoms with Crippen LogP contribution in [0.5, 0.6) is 5.75 Å². The van der Waals surface area contributed by atoms with Gasteiger partial charge in [-0.1, -0.05) is 39.0 Å². The zero-order valence-corrected chi connectivity index (χ0v) is 11.4. The minimum atomic E-state index is 0.0200. The van der Waals surface area contributed by atoms with Crippen molar-refractivity contribution in [1.82, 2.24) is 0 Å². The number of ether oxygens (including phenoxy) is 1. The first kappa shape index (κ1) is 14.0. The SMILES string of the molecule is CC(C)CC(C)COc1ccccc1C(C)N. The highest BCUT2D eigenvalue weighted by atomic mass is 16.5. The second-order valence-corrected chi connectivity index (χ2v) is 5.37. The van der Waals surface area contributed by atoms with Gasteiger partial charge in [0, 0.05) is 11.6 Å². The molecule has 1 rings (SSSR count). The first-order chi connectivity index (χ1) is 8.00. The average molecular weight is 235 g/mol. The molecule has 2 nitrogen and oxygen atoms in total. The Balaban J connectivity index is 2.57. The Morgan fingerprint density at radius 2 is 1.76 bits per heavy atom. The molecule has 0 radical (unpaired) electrons. The van der Waals surface area contributed by atoms with E-state index in [-0.39, 0.29) is 6.04 Å². The van der Waals surface area contributed by atoms with Crippen LogP contribution in [0.3, 0.4) is 0 Å². The van der Waals surface area contributed by atoms with Crippen LogP contribution >= 0.6 is 0 Å². The molecule has 0 aromatic heterocycles. The van der Waals surface area contributed by atoms with Crippen molar-refractivity contribution in [2.24, 2.45) is 17.6 Å². The molecule has 2 heteroatoms. The van der Waals surface area contributed by atoms with Gasteiger partial charge in [0.05, 0.1) is 6.61 Å². The van der Waals surface area contributed by atoms with Gasteiger partial charge in [0.1, 0.15) is 5.75 Å². The van der Waals surface area contributed by atoms with E-state index in [1.165, 1.54) is 6.42 Å². The van der Waals surface area contributed by atoms with Crippen LogP contribution in [-0.4, -0.2) is 6.61 Å². The van der Waals surface area contributed by atoms with Crippen molar-refractivity contribution in [2.45, 2.75) is 40.2 Å². The van der Waals surface area contributed by atoms with E-state index < -0.39 is 0 Å². The van der Waals surface area contributed by atoms with Gasteiger partial charge >= 0.3 is 0 Å². The second-order valence-electron chi connectivity index (χ2n) is 5.37. The number of hydrogen-bond donors (Lipinski definition) is 1. The standard InChI is InChI=1S/C15H25NO/c1-11(2)9-12(3)10-17-15-8-6-5-7-14(15)13(4)16/h5-8,11-13H,9-10,16H2,1-4H3. The van der Waals surface area contributed by atoms with E-state index in [0.717, 1.165) is 23.8 Å². The van der Waals surface area contributed by atoms with Crippen LogP contribution in [0.15, 0.2) is 24.3 Å². The molecule has 0 saturated heterocycles. The summed E-state index contributed by atoms with van der Waals surface area (Å²) in [6.45, 7) is 9.47. The predicted octanol–water partition coefficient (Wildman–Crippen LogP) is 3.77. The van der Waals surface area contributed by atoms with Gasteiger partial charge in [-0.2, -0.15) is 0 Å². The normalized spacial score (nSPS) is 14.7. The maximum Gasteiger partial charge on any atom is 0.124 e. The molecule has 0 saturated carbocycles. The van der Waals surface area contributed by atoms with E-state index in [1.54, 1.807) is 0 Å². The van der Waals surface area contributed by atoms with E-state index >= 15 is 0 Å². The van der Waals surface area contributed by atoms with Crippen molar-refractivity contribution in [2.75, 3.05) is 6.61 Å².